The number of rotatable bonds is 5. The molecule has 0 aliphatic carbocycles. The second-order valence-corrected chi connectivity index (χ2v) is 4.43. The molecule has 0 fully saturated rings. The van der Waals surface area contributed by atoms with Gasteiger partial charge in [-0.2, -0.15) is 0 Å². The summed E-state index contributed by atoms with van der Waals surface area (Å²) in [4.78, 5) is 11.8. The molecule has 0 atom stereocenters. The van der Waals surface area contributed by atoms with Gasteiger partial charge in [0.2, 0.25) is 0 Å². The van der Waals surface area contributed by atoms with Gasteiger partial charge in [-0.15, -0.1) is 0 Å². The quantitative estimate of drug-likeness (QED) is 0.769. The van der Waals surface area contributed by atoms with Crippen molar-refractivity contribution in [2.45, 2.75) is 20.3 Å². The van der Waals surface area contributed by atoms with Crippen LogP contribution in [0.3, 0.4) is 0 Å². The van der Waals surface area contributed by atoms with Crippen LogP contribution in [-0.2, 0) is 0 Å². The van der Waals surface area contributed by atoms with Crippen LogP contribution >= 0.6 is 0 Å². The first kappa shape index (κ1) is 13.4. The molecule has 17 heavy (non-hydrogen) atoms. The summed E-state index contributed by atoms with van der Waals surface area (Å²) in [5, 5.41) is 2.86. The predicted octanol–water partition coefficient (Wildman–Crippen LogP) is 2.05. The summed E-state index contributed by atoms with van der Waals surface area (Å²) in [5.74, 6) is 1.06. The Hall–Kier alpha value is -1.71. The summed E-state index contributed by atoms with van der Waals surface area (Å²) in [6.45, 7) is 4.92. The Labute approximate surface area is 102 Å². The fourth-order valence-corrected chi connectivity index (χ4v) is 1.45. The van der Waals surface area contributed by atoms with Crippen molar-refractivity contribution in [2.24, 2.45) is 5.92 Å². The van der Waals surface area contributed by atoms with Crippen molar-refractivity contribution in [1.82, 2.24) is 5.32 Å². The topological polar surface area (TPSA) is 64.3 Å². The lowest BCUT2D eigenvalue weighted by Crippen LogP contribution is -2.25. The highest BCUT2D eigenvalue weighted by Crippen LogP contribution is 2.18. The number of amides is 1. The maximum Gasteiger partial charge on any atom is 0.251 e. The van der Waals surface area contributed by atoms with Crippen LogP contribution in [0.25, 0.3) is 0 Å². The molecule has 0 saturated carbocycles. The normalized spacial score (nSPS) is 10.4. The molecule has 0 heterocycles. The van der Waals surface area contributed by atoms with Crippen LogP contribution in [0, 0.1) is 5.92 Å². The summed E-state index contributed by atoms with van der Waals surface area (Å²) in [7, 11) is 1.55. The Morgan fingerprint density at radius 1 is 1.41 bits per heavy atom. The summed E-state index contributed by atoms with van der Waals surface area (Å²) in [5.41, 5.74) is 6.75. The zero-order valence-corrected chi connectivity index (χ0v) is 10.6. The molecule has 1 aromatic carbocycles. The van der Waals surface area contributed by atoms with Gasteiger partial charge in [0.25, 0.3) is 5.91 Å². The van der Waals surface area contributed by atoms with Crippen LogP contribution in [0.1, 0.15) is 30.6 Å². The Balaban J connectivity index is 2.65. The van der Waals surface area contributed by atoms with Crippen molar-refractivity contribution < 1.29 is 9.53 Å². The Bertz CT molecular complexity index is 389. The fraction of sp³-hybridized carbons (Fsp3) is 0.462. The highest BCUT2D eigenvalue weighted by Gasteiger charge is 2.08. The van der Waals surface area contributed by atoms with E-state index in [1.807, 2.05) is 0 Å². The van der Waals surface area contributed by atoms with Gasteiger partial charge in [0, 0.05) is 23.9 Å². The van der Waals surface area contributed by atoms with Gasteiger partial charge in [-0.25, -0.2) is 0 Å². The first-order valence-electron chi connectivity index (χ1n) is 5.75. The zero-order chi connectivity index (χ0) is 12.8. The molecule has 0 aliphatic heterocycles. The predicted molar refractivity (Wildman–Crippen MR) is 69.2 cm³/mol. The van der Waals surface area contributed by atoms with E-state index in [4.69, 9.17) is 10.5 Å². The highest BCUT2D eigenvalue weighted by molar-refractivity contribution is 5.95. The van der Waals surface area contributed by atoms with Crippen molar-refractivity contribution in [3.8, 4) is 5.75 Å². The average molecular weight is 236 g/mol. The molecule has 1 aromatic rings. The number of benzene rings is 1. The SMILES string of the molecule is COc1cc(N)cc(C(=O)NCCC(C)C)c1. The average Bonchev–Trinajstić information content (AvgIpc) is 2.27. The van der Waals surface area contributed by atoms with Crippen LogP contribution < -0.4 is 15.8 Å². The van der Waals surface area contributed by atoms with E-state index in [2.05, 4.69) is 19.2 Å². The Morgan fingerprint density at radius 2 is 2.12 bits per heavy atom. The van der Waals surface area contributed by atoms with Crippen molar-refractivity contribution in [1.29, 1.82) is 0 Å². The second-order valence-electron chi connectivity index (χ2n) is 4.43. The summed E-state index contributed by atoms with van der Waals surface area (Å²) in [6.07, 6.45) is 0.963. The van der Waals surface area contributed by atoms with Crippen molar-refractivity contribution in [3.63, 3.8) is 0 Å². The van der Waals surface area contributed by atoms with E-state index < -0.39 is 0 Å². The fourth-order valence-electron chi connectivity index (χ4n) is 1.45. The molecule has 1 amide bonds. The van der Waals surface area contributed by atoms with Crippen LogP contribution in [-0.4, -0.2) is 19.6 Å². The Kier molecular flexibility index (Phi) is 4.82. The van der Waals surface area contributed by atoms with Crippen LogP contribution in [0.4, 0.5) is 5.69 Å². The first-order valence-corrected chi connectivity index (χ1v) is 5.75. The minimum atomic E-state index is -0.115. The number of carbonyl (C=O) groups is 1. The third-order valence-electron chi connectivity index (χ3n) is 2.43. The van der Waals surface area contributed by atoms with Crippen molar-refractivity contribution >= 4 is 11.6 Å². The van der Waals surface area contributed by atoms with Crippen molar-refractivity contribution in [3.05, 3.63) is 23.8 Å². The third-order valence-corrected chi connectivity index (χ3v) is 2.43. The number of anilines is 1. The number of nitrogens with one attached hydrogen (secondary N) is 1. The number of nitrogen functional groups attached to an aromatic ring is 1. The van der Waals surface area contributed by atoms with E-state index in [0.29, 0.717) is 29.5 Å². The van der Waals surface area contributed by atoms with Crippen LogP contribution in [0.5, 0.6) is 5.75 Å². The number of hydrogen-bond donors (Lipinski definition) is 2. The zero-order valence-electron chi connectivity index (χ0n) is 10.6. The summed E-state index contributed by atoms with van der Waals surface area (Å²) < 4.78 is 5.07. The number of carbonyl (C=O) groups excluding carboxylic acids is 1. The van der Waals surface area contributed by atoms with Gasteiger partial charge in [-0.3, -0.25) is 4.79 Å². The minimum Gasteiger partial charge on any atom is -0.497 e. The Morgan fingerprint density at radius 3 is 2.71 bits per heavy atom. The summed E-state index contributed by atoms with van der Waals surface area (Å²) >= 11 is 0. The molecule has 0 radical (unpaired) electrons. The number of ether oxygens (including phenoxy) is 1. The molecule has 0 saturated heterocycles. The lowest BCUT2D eigenvalue weighted by Gasteiger charge is -2.09. The molecule has 3 N–H and O–H groups in total. The lowest BCUT2D eigenvalue weighted by atomic mass is 10.1. The van der Waals surface area contributed by atoms with E-state index in [1.54, 1.807) is 25.3 Å². The van der Waals surface area contributed by atoms with E-state index in [0.717, 1.165) is 6.42 Å². The van der Waals surface area contributed by atoms with Gasteiger partial charge in [0.05, 0.1) is 7.11 Å². The molecule has 1 rings (SSSR count). The van der Waals surface area contributed by atoms with E-state index in [1.165, 1.54) is 0 Å². The molecular weight excluding hydrogens is 216 g/mol. The summed E-state index contributed by atoms with van der Waals surface area (Å²) in [6, 6.07) is 5.01. The van der Waals surface area contributed by atoms with E-state index in [9.17, 15) is 4.79 Å². The first-order chi connectivity index (χ1) is 8.02. The lowest BCUT2D eigenvalue weighted by molar-refractivity contribution is 0.0951. The largest absolute Gasteiger partial charge is 0.497 e. The van der Waals surface area contributed by atoms with Crippen LogP contribution in [0.15, 0.2) is 18.2 Å². The maximum atomic E-state index is 11.8. The van der Waals surface area contributed by atoms with Gasteiger partial charge in [0.1, 0.15) is 5.75 Å². The molecule has 4 heteroatoms. The molecule has 0 aromatic heterocycles. The highest BCUT2D eigenvalue weighted by atomic mass is 16.5. The third kappa shape index (κ3) is 4.34. The number of nitrogens with two attached hydrogens (primary N) is 1. The van der Waals surface area contributed by atoms with Gasteiger partial charge in [-0.1, -0.05) is 13.8 Å². The molecule has 0 unspecified atom stereocenters. The second kappa shape index (κ2) is 6.13. The number of methoxy groups -OCH3 is 1. The maximum absolute atomic E-state index is 11.8. The van der Waals surface area contributed by atoms with Gasteiger partial charge < -0.3 is 15.8 Å². The minimum absolute atomic E-state index is 0.115. The smallest absolute Gasteiger partial charge is 0.251 e. The van der Waals surface area contributed by atoms with Gasteiger partial charge in [0.15, 0.2) is 0 Å². The molecule has 0 aliphatic rings. The molecule has 0 spiro atoms. The molecule has 4 nitrogen and oxygen atoms in total. The van der Waals surface area contributed by atoms with Gasteiger partial charge >= 0.3 is 0 Å². The van der Waals surface area contributed by atoms with E-state index >= 15 is 0 Å². The monoisotopic (exact) mass is 236 g/mol. The standard InChI is InChI=1S/C13H20N2O2/c1-9(2)4-5-15-13(16)10-6-11(14)8-12(7-10)17-3/h6-9H,4-5,14H2,1-3H3,(H,15,16). The van der Waals surface area contributed by atoms with Crippen LogP contribution in [0.2, 0.25) is 0 Å². The van der Waals surface area contributed by atoms with E-state index in [-0.39, 0.29) is 5.91 Å². The van der Waals surface area contributed by atoms with Crippen molar-refractivity contribution in [2.75, 3.05) is 19.4 Å². The number of hydrogen-bond acceptors (Lipinski definition) is 3. The molecular formula is C13H20N2O2. The van der Waals surface area contributed by atoms with Gasteiger partial charge in [-0.05, 0) is 24.5 Å². The molecule has 94 valence electrons. The molecule has 0 bridgehead atoms.